The molecule has 0 bridgehead atoms. The molecule has 0 aliphatic carbocycles. The number of amides is 2. The molecule has 0 saturated carbocycles. The molecule has 26 heavy (non-hydrogen) atoms. The number of benzene rings is 2. The van der Waals surface area contributed by atoms with E-state index in [0.29, 0.717) is 21.4 Å². The van der Waals surface area contributed by atoms with Crippen molar-refractivity contribution in [2.75, 3.05) is 4.90 Å². The van der Waals surface area contributed by atoms with Crippen molar-refractivity contribution in [2.45, 2.75) is 0 Å². The lowest BCUT2D eigenvalue weighted by molar-refractivity contribution is -0.130. The number of rotatable bonds is 3. The van der Waals surface area contributed by atoms with Gasteiger partial charge in [-0.25, -0.2) is 0 Å². The molecular formula is C17H10BrCl2N3O2S. The molecule has 0 aromatic heterocycles. The Morgan fingerprint density at radius 2 is 1.85 bits per heavy atom. The van der Waals surface area contributed by atoms with Crippen molar-refractivity contribution in [1.29, 1.82) is 0 Å². The molecule has 3 rings (SSSR count). The number of thiocarbonyl (C=S) groups is 1. The summed E-state index contributed by atoms with van der Waals surface area (Å²) in [6.07, 6.45) is 1.25. The molecule has 1 atom stereocenters. The first-order valence-electron chi connectivity index (χ1n) is 7.30. The zero-order chi connectivity index (χ0) is 18.8. The van der Waals surface area contributed by atoms with Gasteiger partial charge in [0, 0.05) is 15.7 Å². The summed E-state index contributed by atoms with van der Waals surface area (Å²) in [4.78, 5) is 30.5. The molecule has 1 fully saturated rings. The van der Waals surface area contributed by atoms with E-state index in [1.54, 1.807) is 36.4 Å². The Hall–Kier alpha value is -1.80. The fourth-order valence-corrected chi connectivity index (χ4v) is 3.31. The third-order valence-electron chi connectivity index (χ3n) is 3.56. The second kappa shape index (κ2) is 7.84. The average Bonchev–Trinajstić information content (AvgIpc) is 2.57. The maximum atomic E-state index is 12.8. The zero-order valence-electron chi connectivity index (χ0n) is 12.9. The van der Waals surface area contributed by atoms with Gasteiger partial charge >= 0.3 is 0 Å². The number of carbonyl (C=O) groups is 2. The lowest BCUT2D eigenvalue weighted by Crippen LogP contribution is -2.58. The minimum Gasteiger partial charge on any atom is -0.301 e. The minimum atomic E-state index is -1.13. The highest BCUT2D eigenvalue weighted by Crippen LogP contribution is 2.28. The summed E-state index contributed by atoms with van der Waals surface area (Å²) in [5, 5.41) is 3.33. The van der Waals surface area contributed by atoms with E-state index in [1.807, 2.05) is 0 Å². The Bertz CT molecular complexity index is 934. The predicted molar refractivity (Wildman–Crippen MR) is 110 cm³/mol. The molecule has 2 aromatic carbocycles. The summed E-state index contributed by atoms with van der Waals surface area (Å²) in [6, 6.07) is 11.7. The molecule has 0 unspecified atom stereocenters. The summed E-state index contributed by atoms with van der Waals surface area (Å²) < 4.78 is 0.858. The minimum absolute atomic E-state index is 0.0245. The second-order valence-corrected chi connectivity index (χ2v) is 7.44. The average molecular weight is 471 g/mol. The van der Waals surface area contributed by atoms with Crippen LogP contribution in [0, 0.1) is 5.92 Å². The number of carbonyl (C=O) groups excluding carboxylic acids is 2. The molecule has 2 amide bonds. The van der Waals surface area contributed by atoms with Crippen molar-refractivity contribution in [3.63, 3.8) is 0 Å². The van der Waals surface area contributed by atoms with Gasteiger partial charge in [0.2, 0.25) is 5.91 Å². The van der Waals surface area contributed by atoms with E-state index in [9.17, 15) is 9.59 Å². The smallest absolute Gasteiger partial charge is 0.251 e. The first kappa shape index (κ1) is 19.0. The summed E-state index contributed by atoms with van der Waals surface area (Å²) >= 11 is 20.4. The van der Waals surface area contributed by atoms with Crippen LogP contribution in [0.4, 0.5) is 11.4 Å². The lowest BCUT2D eigenvalue weighted by atomic mass is 10.1. The molecule has 5 nitrogen and oxygen atoms in total. The fourth-order valence-electron chi connectivity index (χ4n) is 2.30. The Morgan fingerprint density at radius 1 is 1.15 bits per heavy atom. The number of hydrogen-bond acceptors (Lipinski definition) is 4. The molecule has 0 spiro atoms. The van der Waals surface area contributed by atoms with E-state index in [0.717, 1.165) is 4.47 Å². The molecular weight excluding hydrogens is 461 g/mol. The van der Waals surface area contributed by atoms with Crippen LogP contribution in [-0.2, 0) is 9.59 Å². The number of halogens is 3. The largest absolute Gasteiger partial charge is 0.301 e. The highest BCUT2D eigenvalue weighted by Gasteiger charge is 2.38. The van der Waals surface area contributed by atoms with Crippen LogP contribution in [0.3, 0.4) is 0 Å². The summed E-state index contributed by atoms with van der Waals surface area (Å²) in [7, 11) is 0. The van der Waals surface area contributed by atoms with Gasteiger partial charge in [-0.05, 0) is 54.7 Å². The van der Waals surface area contributed by atoms with Gasteiger partial charge < -0.3 is 5.32 Å². The maximum Gasteiger partial charge on any atom is 0.251 e. The number of hydrogen-bond donors (Lipinski definition) is 1. The first-order valence-corrected chi connectivity index (χ1v) is 9.26. The summed E-state index contributed by atoms with van der Waals surface area (Å²) in [6.45, 7) is 0. The van der Waals surface area contributed by atoms with Crippen LogP contribution in [-0.4, -0.2) is 23.1 Å². The van der Waals surface area contributed by atoms with Gasteiger partial charge in [0.05, 0.1) is 16.4 Å². The van der Waals surface area contributed by atoms with Crippen molar-refractivity contribution >= 4 is 85.9 Å². The van der Waals surface area contributed by atoms with Crippen LogP contribution in [0.1, 0.15) is 0 Å². The monoisotopic (exact) mass is 469 g/mol. The number of anilines is 1. The molecule has 1 aliphatic rings. The number of nitrogens with zero attached hydrogens (tertiary/aromatic N) is 2. The fraction of sp³-hybridized carbons (Fsp3) is 0.0588. The molecule has 1 N–H and O–H groups in total. The van der Waals surface area contributed by atoms with E-state index in [4.69, 9.17) is 35.4 Å². The molecule has 1 aliphatic heterocycles. The topological polar surface area (TPSA) is 61.8 Å². The van der Waals surface area contributed by atoms with Crippen LogP contribution in [0.25, 0.3) is 0 Å². The lowest BCUT2D eigenvalue weighted by Gasteiger charge is -2.30. The van der Waals surface area contributed by atoms with Gasteiger partial charge in [-0.1, -0.05) is 39.1 Å². The number of nitrogens with one attached hydrogen (secondary N) is 1. The highest BCUT2D eigenvalue weighted by molar-refractivity contribution is 9.10. The van der Waals surface area contributed by atoms with Crippen molar-refractivity contribution in [2.24, 2.45) is 10.9 Å². The maximum absolute atomic E-state index is 12.8. The zero-order valence-corrected chi connectivity index (χ0v) is 16.9. The molecule has 1 heterocycles. The van der Waals surface area contributed by atoms with Crippen LogP contribution >= 0.6 is 51.3 Å². The van der Waals surface area contributed by atoms with Gasteiger partial charge in [0.1, 0.15) is 0 Å². The third kappa shape index (κ3) is 3.96. The van der Waals surface area contributed by atoms with Gasteiger partial charge in [-0.2, -0.15) is 0 Å². The van der Waals surface area contributed by atoms with Crippen molar-refractivity contribution < 1.29 is 9.59 Å². The van der Waals surface area contributed by atoms with E-state index < -0.39 is 17.7 Å². The van der Waals surface area contributed by atoms with Crippen LogP contribution in [0.5, 0.6) is 0 Å². The van der Waals surface area contributed by atoms with Gasteiger partial charge in [0.25, 0.3) is 5.91 Å². The first-order chi connectivity index (χ1) is 12.4. The third-order valence-corrected chi connectivity index (χ3v) is 4.91. The molecule has 132 valence electrons. The highest BCUT2D eigenvalue weighted by atomic mass is 79.9. The molecule has 9 heteroatoms. The predicted octanol–water partition coefficient (Wildman–Crippen LogP) is 4.52. The van der Waals surface area contributed by atoms with Crippen LogP contribution in [0.2, 0.25) is 10.0 Å². The number of aliphatic imine (C=N–C) groups is 1. The normalized spacial score (nSPS) is 17.7. The van der Waals surface area contributed by atoms with Gasteiger partial charge in [0.15, 0.2) is 11.0 Å². The van der Waals surface area contributed by atoms with E-state index >= 15 is 0 Å². The SMILES string of the molecule is O=C1NC(=S)N(c2ccc(Br)cc2)C(=O)[C@H]1C=Nc1ccc(Cl)cc1Cl. The standard InChI is InChI=1S/C17H10BrCl2N3O2S/c18-9-1-4-11(5-2-9)23-16(25)12(15(24)22-17(23)26)8-21-14-6-3-10(19)7-13(14)20/h1-8,12H,(H,22,24,26)/t12-/m0/s1. The summed E-state index contributed by atoms with van der Waals surface area (Å²) in [5.74, 6) is -2.16. The van der Waals surface area contributed by atoms with Gasteiger partial charge in [-0.15, -0.1) is 0 Å². The van der Waals surface area contributed by atoms with Gasteiger partial charge in [-0.3, -0.25) is 19.5 Å². The summed E-state index contributed by atoms with van der Waals surface area (Å²) in [5.41, 5.74) is 0.950. The molecule has 2 aromatic rings. The Balaban J connectivity index is 1.90. The van der Waals surface area contributed by atoms with E-state index in [2.05, 4.69) is 26.2 Å². The van der Waals surface area contributed by atoms with Crippen LogP contribution in [0.15, 0.2) is 51.9 Å². The van der Waals surface area contributed by atoms with E-state index in [-0.39, 0.29) is 5.11 Å². The second-order valence-electron chi connectivity index (χ2n) is 5.30. The Kier molecular flexibility index (Phi) is 5.72. The quantitative estimate of drug-likeness (QED) is 0.407. The molecule has 1 saturated heterocycles. The van der Waals surface area contributed by atoms with Crippen molar-refractivity contribution in [1.82, 2.24) is 5.32 Å². The van der Waals surface area contributed by atoms with Crippen LogP contribution < -0.4 is 10.2 Å². The van der Waals surface area contributed by atoms with Crippen molar-refractivity contribution in [3.8, 4) is 0 Å². The Labute approximate surface area is 173 Å². The van der Waals surface area contributed by atoms with Crippen molar-refractivity contribution in [3.05, 3.63) is 57.0 Å². The van der Waals surface area contributed by atoms with E-state index in [1.165, 1.54) is 17.2 Å². The Morgan fingerprint density at radius 3 is 2.50 bits per heavy atom. The molecule has 0 radical (unpaired) electrons.